The van der Waals surface area contributed by atoms with Crippen LogP contribution in [0.4, 0.5) is 14.5 Å². The summed E-state index contributed by atoms with van der Waals surface area (Å²) in [6, 6.07) is 1.79. The number of hydrogen-bond donors (Lipinski definition) is 1. The van der Waals surface area contributed by atoms with Gasteiger partial charge in [-0.1, -0.05) is 0 Å². The third-order valence-corrected chi connectivity index (χ3v) is 2.60. The molecule has 1 N–H and O–H groups in total. The SMILES string of the molecule is CC(=O)COC(=O)c1c(F)cc(F)cc1NC1CC1. The Bertz CT molecular complexity index is 527. The van der Waals surface area contributed by atoms with Gasteiger partial charge < -0.3 is 10.1 Å². The molecule has 1 aromatic carbocycles. The lowest BCUT2D eigenvalue weighted by molar-refractivity contribution is -0.120. The number of carbonyl (C=O) groups is 2. The van der Waals surface area contributed by atoms with Crippen LogP contribution in [-0.2, 0) is 9.53 Å². The largest absolute Gasteiger partial charge is 0.454 e. The maximum atomic E-state index is 13.7. The highest BCUT2D eigenvalue weighted by atomic mass is 19.1. The molecule has 1 fully saturated rings. The summed E-state index contributed by atoms with van der Waals surface area (Å²) in [5, 5.41) is 2.87. The van der Waals surface area contributed by atoms with Crippen LogP contribution in [0.15, 0.2) is 12.1 Å². The van der Waals surface area contributed by atoms with E-state index >= 15 is 0 Å². The van der Waals surface area contributed by atoms with Crippen LogP contribution in [-0.4, -0.2) is 24.4 Å². The summed E-state index contributed by atoms with van der Waals surface area (Å²) < 4.78 is 31.5. The van der Waals surface area contributed by atoms with Gasteiger partial charge in [-0.25, -0.2) is 13.6 Å². The predicted octanol–water partition coefficient (Wildman–Crippen LogP) is 2.28. The van der Waals surface area contributed by atoms with Crippen molar-refractivity contribution in [2.24, 2.45) is 0 Å². The number of carbonyl (C=O) groups excluding carboxylic acids is 2. The molecular weight excluding hydrogens is 256 g/mol. The first-order chi connectivity index (χ1) is 8.97. The Morgan fingerprint density at radius 1 is 1.37 bits per heavy atom. The zero-order valence-electron chi connectivity index (χ0n) is 10.3. The molecule has 6 heteroatoms. The number of hydrogen-bond acceptors (Lipinski definition) is 4. The molecule has 1 aliphatic rings. The number of nitrogens with one attached hydrogen (secondary N) is 1. The Kier molecular flexibility index (Phi) is 3.78. The maximum Gasteiger partial charge on any atom is 0.343 e. The van der Waals surface area contributed by atoms with Crippen molar-refractivity contribution in [1.29, 1.82) is 0 Å². The minimum Gasteiger partial charge on any atom is -0.454 e. The average Bonchev–Trinajstić information content (AvgIpc) is 3.09. The van der Waals surface area contributed by atoms with Gasteiger partial charge in [0.15, 0.2) is 5.78 Å². The molecule has 0 spiro atoms. The van der Waals surface area contributed by atoms with E-state index in [9.17, 15) is 18.4 Å². The van der Waals surface area contributed by atoms with Crippen LogP contribution in [0.1, 0.15) is 30.1 Å². The summed E-state index contributed by atoms with van der Waals surface area (Å²) in [5.41, 5.74) is -0.303. The fourth-order valence-electron chi connectivity index (χ4n) is 1.58. The number of benzene rings is 1. The summed E-state index contributed by atoms with van der Waals surface area (Å²) in [7, 11) is 0. The van der Waals surface area contributed by atoms with Gasteiger partial charge in [0.05, 0.1) is 5.69 Å². The standard InChI is InChI=1S/C13H13F2NO3/c1-7(17)6-19-13(18)12-10(15)4-8(14)5-11(12)16-9-2-3-9/h4-5,9,16H,2-3,6H2,1H3. The number of esters is 1. The van der Waals surface area contributed by atoms with E-state index in [1.807, 2.05) is 0 Å². The highest BCUT2D eigenvalue weighted by Crippen LogP contribution is 2.29. The second-order valence-corrected chi connectivity index (χ2v) is 4.51. The predicted molar refractivity (Wildman–Crippen MR) is 64.0 cm³/mol. The van der Waals surface area contributed by atoms with Gasteiger partial charge in [-0.15, -0.1) is 0 Å². The van der Waals surface area contributed by atoms with Crippen molar-refractivity contribution in [1.82, 2.24) is 0 Å². The topological polar surface area (TPSA) is 55.4 Å². The second kappa shape index (κ2) is 5.34. The first kappa shape index (κ1) is 13.5. The van der Waals surface area contributed by atoms with Crippen molar-refractivity contribution in [2.45, 2.75) is 25.8 Å². The molecule has 0 heterocycles. The van der Waals surface area contributed by atoms with Crippen LogP contribution in [0, 0.1) is 11.6 Å². The van der Waals surface area contributed by atoms with Crippen molar-refractivity contribution >= 4 is 17.4 Å². The van der Waals surface area contributed by atoms with Crippen LogP contribution in [0.25, 0.3) is 0 Å². The summed E-state index contributed by atoms with van der Waals surface area (Å²) >= 11 is 0. The summed E-state index contributed by atoms with van der Waals surface area (Å²) in [4.78, 5) is 22.5. The number of anilines is 1. The first-order valence-electron chi connectivity index (χ1n) is 5.89. The fraction of sp³-hybridized carbons (Fsp3) is 0.385. The van der Waals surface area contributed by atoms with Gasteiger partial charge in [-0.05, 0) is 25.8 Å². The van der Waals surface area contributed by atoms with Crippen molar-refractivity contribution in [3.05, 3.63) is 29.3 Å². The zero-order chi connectivity index (χ0) is 14.0. The van der Waals surface area contributed by atoms with E-state index in [1.54, 1.807) is 0 Å². The monoisotopic (exact) mass is 269 g/mol. The van der Waals surface area contributed by atoms with Crippen molar-refractivity contribution in [3.8, 4) is 0 Å². The molecule has 0 amide bonds. The lowest BCUT2D eigenvalue weighted by Crippen LogP contribution is -2.16. The minimum atomic E-state index is -1.00. The molecule has 0 bridgehead atoms. The molecular formula is C13H13F2NO3. The lowest BCUT2D eigenvalue weighted by Gasteiger charge is -2.12. The van der Waals surface area contributed by atoms with Crippen LogP contribution < -0.4 is 5.32 Å². The molecule has 0 unspecified atom stereocenters. The van der Waals surface area contributed by atoms with Crippen LogP contribution in [0.2, 0.25) is 0 Å². The number of Topliss-reactive ketones (excluding diaryl/α,β-unsaturated/α-hetero) is 1. The van der Waals surface area contributed by atoms with Crippen LogP contribution in [0.3, 0.4) is 0 Å². The molecule has 1 aromatic rings. The van der Waals surface area contributed by atoms with E-state index in [0.717, 1.165) is 18.9 Å². The molecule has 0 aliphatic heterocycles. The Balaban J connectivity index is 2.25. The lowest BCUT2D eigenvalue weighted by atomic mass is 10.1. The van der Waals surface area contributed by atoms with Gasteiger partial charge in [0.1, 0.15) is 23.8 Å². The van der Waals surface area contributed by atoms with Gasteiger partial charge in [0, 0.05) is 12.1 Å². The minimum absolute atomic E-state index is 0.0635. The average molecular weight is 269 g/mol. The van der Waals surface area contributed by atoms with Crippen molar-refractivity contribution in [2.75, 3.05) is 11.9 Å². The molecule has 19 heavy (non-hydrogen) atoms. The first-order valence-corrected chi connectivity index (χ1v) is 5.89. The van der Waals surface area contributed by atoms with Crippen molar-refractivity contribution in [3.63, 3.8) is 0 Å². The van der Waals surface area contributed by atoms with Crippen LogP contribution in [0.5, 0.6) is 0 Å². The van der Waals surface area contributed by atoms with E-state index in [0.29, 0.717) is 6.07 Å². The maximum absolute atomic E-state index is 13.7. The van der Waals surface area contributed by atoms with Crippen LogP contribution >= 0.6 is 0 Å². The number of halogens is 2. The number of ketones is 1. The normalized spacial score (nSPS) is 14.1. The molecule has 1 saturated carbocycles. The van der Waals surface area contributed by atoms with Gasteiger partial charge >= 0.3 is 5.97 Å². The van der Waals surface area contributed by atoms with E-state index in [1.165, 1.54) is 6.92 Å². The molecule has 2 rings (SSSR count). The van der Waals surface area contributed by atoms with Crippen molar-refractivity contribution < 1.29 is 23.1 Å². The van der Waals surface area contributed by atoms with E-state index in [2.05, 4.69) is 10.1 Å². The fourth-order valence-corrected chi connectivity index (χ4v) is 1.58. The molecule has 0 radical (unpaired) electrons. The Labute approximate surface area is 108 Å². The molecule has 1 aliphatic carbocycles. The Morgan fingerprint density at radius 3 is 2.63 bits per heavy atom. The highest BCUT2D eigenvalue weighted by molar-refractivity contribution is 5.97. The third-order valence-electron chi connectivity index (χ3n) is 2.60. The number of ether oxygens (including phenoxy) is 1. The molecule has 0 aromatic heterocycles. The number of rotatable bonds is 5. The van der Waals surface area contributed by atoms with E-state index in [4.69, 9.17) is 0 Å². The molecule has 102 valence electrons. The van der Waals surface area contributed by atoms with Gasteiger partial charge in [0.2, 0.25) is 0 Å². The Morgan fingerprint density at radius 2 is 2.05 bits per heavy atom. The quantitative estimate of drug-likeness (QED) is 0.833. The molecule has 0 atom stereocenters. The summed E-state index contributed by atoms with van der Waals surface area (Å²) in [5.74, 6) is -3.11. The highest BCUT2D eigenvalue weighted by Gasteiger charge is 2.26. The zero-order valence-corrected chi connectivity index (χ0v) is 10.3. The summed E-state index contributed by atoms with van der Waals surface area (Å²) in [6.45, 7) is 0.816. The van der Waals surface area contributed by atoms with Gasteiger partial charge in [0.25, 0.3) is 0 Å². The smallest absolute Gasteiger partial charge is 0.343 e. The molecule has 0 saturated heterocycles. The molecule has 4 nitrogen and oxygen atoms in total. The van der Waals surface area contributed by atoms with E-state index < -0.39 is 24.2 Å². The van der Waals surface area contributed by atoms with Gasteiger partial charge in [-0.3, -0.25) is 4.79 Å². The van der Waals surface area contributed by atoms with E-state index in [-0.39, 0.29) is 23.1 Å². The third kappa shape index (κ3) is 3.49. The Hall–Kier alpha value is -1.98. The summed E-state index contributed by atoms with van der Waals surface area (Å²) in [6.07, 6.45) is 1.78. The van der Waals surface area contributed by atoms with Gasteiger partial charge in [-0.2, -0.15) is 0 Å². The second-order valence-electron chi connectivity index (χ2n) is 4.51.